The summed E-state index contributed by atoms with van der Waals surface area (Å²) in [6.45, 7) is 9.23. The third-order valence-electron chi connectivity index (χ3n) is 2.48. The van der Waals surface area contributed by atoms with Crippen molar-refractivity contribution in [3.63, 3.8) is 0 Å². The van der Waals surface area contributed by atoms with Gasteiger partial charge >= 0.3 is 0 Å². The van der Waals surface area contributed by atoms with Gasteiger partial charge in [-0.3, -0.25) is 10.3 Å². The zero-order chi connectivity index (χ0) is 14.6. The summed E-state index contributed by atoms with van der Waals surface area (Å²) in [5, 5.41) is 10.7. The molecule has 100 valence electrons. The second-order valence-corrected chi connectivity index (χ2v) is 3.96. The molecule has 0 radical (unpaired) electrons. The van der Waals surface area contributed by atoms with Crippen LogP contribution in [0.25, 0.3) is 0 Å². The third kappa shape index (κ3) is 6.28. The third-order valence-corrected chi connectivity index (χ3v) is 2.48. The number of rotatable bonds is 1. The number of nitrogens with zero attached hydrogens (tertiary/aromatic N) is 2. The van der Waals surface area contributed by atoms with Crippen molar-refractivity contribution in [3.05, 3.63) is 24.9 Å². The molecule has 1 fully saturated rings. The molecule has 0 amide bonds. The van der Waals surface area contributed by atoms with Crippen LogP contribution in [-0.2, 0) is 0 Å². The normalized spacial score (nSPS) is 13.2. The van der Waals surface area contributed by atoms with Gasteiger partial charge in [-0.1, -0.05) is 18.6 Å². The molecule has 1 heterocycles. The van der Waals surface area contributed by atoms with Gasteiger partial charge in [0.2, 0.25) is 0 Å². The van der Waals surface area contributed by atoms with Gasteiger partial charge in [0, 0.05) is 55.4 Å². The first-order valence-electron chi connectivity index (χ1n) is 6.22. The highest BCUT2D eigenvalue weighted by molar-refractivity contribution is 5.40. The highest BCUT2D eigenvalue weighted by Gasteiger charge is 2.12. The molecule has 20 heavy (non-hydrogen) atoms. The number of hydrogen-bond donors (Lipinski definition) is 1. The first-order valence-corrected chi connectivity index (χ1v) is 6.22. The lowest BCUT2D eigenvalue weighted by atomic mass is 10.3. The summed E-state index contributed by atoms with van der Waals surface area (Å²) in [6.07, 6.45) is 3.04. The van der Waals surface area contributed by atoms with Gasteiger partial charge in [-0.25, -0.2) is 0 Å². The average molecular weight is 264 g/mol. The molecule has 0 unspecified atom stereocenters. The van der Waals surface area contributed by atoms with Crippen molar-refractivity contribution in [2.45, 2.75) is 12.8 Å². The van der Waals surface area contributed by atoms with Crippen LogP contribution in [0.5, 0.6) is 0 Å². The molecular weight excluding hydrogens is 248 g/mol. The minimum Gasteiger partial charge on any atom is -0.330 e. The van der Waals surface area contributed by atoms with E-state index in [1.807, 2.05) is 4.90 Å². The summed E-state index contributed by atoms with van der Waals surface area (Å²) in [6, 6.07) is 2.93. The van der Waals surface area contributed by atoms with E-state index in [1.54, 1.807) is 6.08 Å². The van der Waals surface area contributed by atoms with Gasteiger partial charge in [0.1, 0.15) is 0 Å². The van der Waals surface area contributed by atoms with Crippen molar-refractivity contribution in [1.82, 2.24) is 9.96 Å². The molecule has 1 saturated heterocycles. The fourth-order valence-electron chi connectivity index (χ4n) is 1.39. The molecule has 0 aromatic rings. The van der Waals surface area contributed by atoms with Crippen LogP contribution in [0.4, 0.5) is 0 Å². The van der Waals surface area contributed by atoms with Crippen molar-refractivity contribution in [2.24, 2.45) is 0 Å². The molecule has 1 rings (SSSR count). The average Bonchev–Trinajstić information content (AvgIpc) is 2.61. The van der Waals surface area contributed by atoms with E-state index in [1.165, 1.54) is 5.06 Å². The minimum absolute atomic E-state index is 0.500. The first-order chi connectivity index (χ1) is 9.74. The predicted molar refractivity (Wildman–Crippen MR) is 79.7 cm³/mol. The van der Waals surface area contributed by atoms with E-state index in [0.29, 0.717) is 31.6 Å². The standard InChI is InChI=1S/C17H16N2O/c1-3-4-5-6-7-8-9-10-11-13-18-14-12-17(2)19(20)16-15-18/h3,20H,1-2,4,12,14-16H2. The highest BCUT2D eigenvalue weighted by atomic mass is 16.5. The van der Waals surface area contributed by atoms with E-state index >= 15 is 0 Å². The zero-order valence-corrected chi connectivity index (χ0v) is 11.4. The zero-order valence-electron chi connectivity index (χ0n) is 11.4. The van der Waals surface area contributed by atoms with Gasteiger partial charge in [-0.15, -0.1) is 6.58 Å². The van der Waals surface area contributed by atoms with Gasteiger partial charge in [-0.05, 0) is 17.8 Å². The molecule has 0 saturated carbocycles. The van der Waals surface area contributed by atoms with Gasteiger partial charge in [0.05, 0.1) is 6.54 Å². The Hall–Kier alpha value is -2.72. The van der Waals surface area contributed by atoms with Crippen LogP contribution >= 0.6 is 0 Å². The molecule has 0 spiro atoms. The first kappa shape index (κ1) is 15.3. The van der Waals surface area contributed by atoms with Gasteiger partial charge < -0.3 is 4.90 Å². The fourth-order valence-corrected chi connectivity index (χ4v) is 1.39. The predicted octanol–water partition coefficient (Wildman–Crippen LogP) is 1.44. The molecule has 0 atom stereocenters. The Morgan fingerprint density at radius 1 is 1.05 bits per heavy atom. The second-order valence-electron chi connectivity index (χ2n) is 3.96. The van der Waals surface area contributed by atoms with E-state index in [4.69, 9.17) is 0 Å². The van der Waals surface area contributed by atoms with Crippen LogP contribution in [0.15, 0.2) is 24.9 Å². The van der Waals surface area contributed by atoms with Crippen molar-refractivity contribution >= 4 is 0 Å². The summed E-state index contributed by atoms with van der Waals surface area (Å²) in [7, 11) is 0. The monoisotopic (exact) mass is 264 g/mol. The van der Waals surface area contributed by atoms with Crippen molar-refractivity contribution in [1.29, 1.82) is 0 Å². The number of allylic oxidation sites excluding steroid dienone is 1. The van der Waals surface area contributed by atoms with E-state index in [-0.39, 0.29) is 0 Å². The Kier molecular flexibility index (Phi) is 7.09. The van der Waals surface area contributed by atoms with Crippen molar-refractivity contribution in [3.8, 4) is 47.5 Å². The van der Waals surface area contributed by atoms with Crippen LogP contribution in [0, 0.1) is 47.5 Å². The largest absolute Gasteiger partial charge is 0.330 e. The maximum absolute atomic E-state index is 9.50. The summed E-state index contributed by atoms with van der Waals surface area (Å²) in [5.74, 6) is 18.7. The van der Waals surface area contributed by atoms with Crippen molar-refractivity contribution in [2.75, 3.05) is 19.6 Å². The van der Waals surface area contributed by atoms with Gasteiger partial charge in [0.25, 0.3) is 0 Å². The van der Waals surface area contributed by atoms with E-state index < -0.39 is 0 Å². The maximum atomic E-state index is 9.50. The van der Waals surface area contributed by atoms with E-state index in [9.17, 15) is 5.21 Å². The van der Waals surface area contributed by atoms with Crippen molar-refractivity contribution < 1.29 is 5.21 Å². The molecule has 3 nitrogen and oxygen atoms in total. The molecule has 1 N–H and O–H groups in total. The maximum Gasteiger partial charge on any atom is 0.0632 e. The molecule has 1 aliphatic heterocycles. The summed E-state index contributed by atoms with van der Waals surface area (Å²) < 4.78 is 0. The van der Waals surface area contributed by atoms with Gasteiger partial charge in [0.15, 0.2) is 0 Å². The van der Waals surface area contributed by atoms with Crippen LogP contribution in [0.2, 0.25) is 0 Å². The Labute approximate surface area is 120 Å². The fraction of sp³-hybridized carbons (Fsp3) is 0.294. The molecule has 0 aliphatic carbocycles. The van der Waals surface area contributed by atoms with Crippen LogP contribution in [0.1, 0.15) is 12.8 Å². The second kappa shape index (κ2) is 9.24. The lowest BCUT2D eigenvalue weighted by molar-refractivity contribution is -0.0537. The summed E-state index contributed by atoms with van der Waals surface area (Å²) in [5.41, 5.74) is 0.712. The number of hydrogen-bond acceptors (Lipinski definition) is 3. The molecule has 3 heteroatoms. The summed E-state index contributed by atoms with van der Waals surface area (Å²) in [4.78, 5) is 1.91. The Bertz CT molecular complexity index is 602. The SMILES string of the molecule is C=CCC#CC#CC#CC#CN1CCC(=C)N(O)CC1. The molecule has 0 aromatic heterocycles. The van der Waals surface area contributed by atoms with Crippen LogP contribution in [-0.4, -0.2) is 34.8 Å². The summed E-state index contributed by atoms with van der Waals surface area (Å²) >= 11 is 0. The van der Waals surface area contributed by atoms with E-state index in [2.05, 4.69) is 60.6 Å². The van der Waals surface area contributed by atoms with E-state index in [0.717, 1.165) is 6.54 Å². The highest BCUT2D eigenvalue weighted by Crippen LogP contribution is 2.08. The molecule has 1 aliphatic rings. The molecule has 0 bridgehead atoms. The molecule has 0 aromatic carbocycles. The van der Waals surface area contributed by atoms with Crippen LogP contribution in [0.3, 0.4) is 0 Å². The Morgan fingerprint density at radius 3 is 2.50 bits per heavy atom. The number of hydroxylamine groups is 2. The molecular formula is C17H16N2O. The quantitative estimate of drug-likeness (QED) is 0.573. The Morgan fingerprint density at radius 2 is 1.75 bits per heavy atom. The minimum atomic E-state index is 0.500. The topological polar surface area (TPSA) is 26.7 Å². The lowest BCUT2D eigenvalue weighted by Crippen LogP contribution is -2.25. The van der Waals surface area contributed by atoms with Gasteiger partial charge in [-0.2, -0.15) is 0 Å². The van der Waals surface area contributed by atoms with Crippen LogP contribution < -0.4 is 0 Å². The smallest absolute Gasteiger partial charge is 0.0632 e. The lowest BCUT2D eigenvalue weighted by Gasteiger charge is -2.15. The Balaban J connectivity index is 2.45.